The summed E-state index contributed by atoms with van der Waals surface area (Å²) in [4.78, 5) is 0.105. The first kappa shape index (κ1) is 14.4. The Morgan fingerprint density at radius 1 is 1.00 bits per heavy atom. The molecule has 0 saturated heterocycles. The zero-order valence-electron chi connectivity index (χ0n) is 9.34. The van der Waals surface area contributed by atoms with E-state index in [9.17, 15) is 0 Å². The Morgan fingerprint density at radius 3 is 2.22 bits per heavy atom. The molecule has 1 atom stereocenters. The van der Waals surface area contributed by atoms with Crippen LogP contribution in [0.5, 0.6) is 0 Å². The van der Waals surface area contributed by atoms with Gasteiger partial charge < -0.3 is 0 Å². The van der Waals surface area contributed by atoms with E-state index in [4.69, 9.17) is 23.2 Å². The van der Waals surface area contributed by atoms with Crippen LogP contribution in [-0.2, 0) is 6.42 Å². The van der Waals surface area contributed by atoms with Gasteiger partial charge in [0.15, 0.2) is 0 Å². The normalized spacial score (nSPS) is 12.4. The van der Waals surface area contributed by atoms with Crippen molar-refractivity contribution < 1.29 is 0 Å². The van der Waals surface area contributed by atoms with E-state index in [-0.39, 0.29) is 4.83 Å². The molecule has 0 aliphatic heterocycles. The number of halogens is 4. The Morgan fingerprint density at radius 2 is 1.61 bits per heavy atom. The molecule has 0 fully saturated rings. The van der Waals surface area contributed by atoms with Crippen molar-refractivity contribution in [2.45, 2.75) is 11.2 Å². The van der Waals surface area contributed by atoms with Crippen LogP contribution >= 0.6 is 55.1 Å². The van der Waals surface area contributed by atoms with Gasteiger partial charge in [-0.3, -0.25) is 0 Å². The smallest absolute Gasteiger partial charge is 0.0465 e. The second-order valence-electron chi connectivity index (χ2n) is 3.94. The van der Waals surface area contributed by atoms with E-state index in [1.54, 1.807) is 0 Å². The maximum Gasteiger partial charge on any atom is 0.0465 e. The highest BCUT2D eigenvalue weighted by atomic mass is 79.9. The summed E-state index contributed by atoms with van der Waals surface area (Å²) in [6.07, 6.45) is 0.836. The van der Waals surface area contributed by atoms with Crippen molar-refractivity contribution >= 4 is 55.1 Å². The van der Waals surface area contributed by atoms with Gasteiger partial charge in [0.05, 0.1) is 0 Å². The zero-order valence-corrected chi connectivity index (χ0v) is 14.0. The molecule has 0 saturated carbocycles. The van der Waals surface area contributed by atoms with Crippen molar-refractivity contribution in [1.29, 1.82) is 0 Å². The van der Waals surface area contributed by atoms with E-state index in [0.29, 0.717) is 10.0 Å². The Labute approximate surface area is 134 Å². The summed E-state index contributed by atoms with van der Waals surface area (Å²) < 4.78 is 1.07. The van der Waals surface area contributed by atoms with Crippen LogP contribution in [0.3, 0.4) is 0 Å². The summed E-state index contributed by atoms with van der Waals surface area (Å²) in [5.74, 6) is 0. The number of hydrogen-bond acceptors (Lipinski definition) is 0. The molecule has 0 heterocycles. The van der Waals surface area contributed by atoms with E-state index in [2.05, 4.69) is 44.0 Å². The van der Waals surface area contributed by atoms with Crippen LogP contribution in [0.2, 0.25) is 10.0 Å². The van der Waals surface area contributed by atoms with Gasteiger partial charge in [-0.15, -0.1) is 0 Å². The summed E-state index contributed by atoms with van der Waals surface area (Å²) in [6, 6.07) is 13.8. The second-order valence-corrected chi connectivity index (χ2v) is 6.77. The molecule has 0 aliphatic rings. The summed E-state index contributed by atoms with van der Waals surface area (Å²) >= 11 is 19.5. The number of hydrogen-bond donors (Lipinski definition) is 0. The lowest BCUT2D eigenvalue weighted by molar-refractivity contribution is 0.948. The van der Waals surface area contributed by atoms with Gasteiger partial charge in [-0.25, -0.2) is 0 Å². The molecule has 2 rings (SSSR count). The molecule has 0 aromatic heterocycles. The van der Waals surface area contributed by atoms with Gasteiger partial charge in [0.1, 0.15) is 0 Å². The molecular weight excluding hydrogens is 399 g/mol. The highest BCUT2D eigenvalue weighted by molar-refractivity contribution is 9.10. The molecular formula is C14H10Br2Cl2. The van der Waals surface area contributed by atoms with Crippen molar-refractivity contribution in [1.82, 2.24) is 0 Å². The van der Waals surface area contributed by atoms with Gasteiger partial charge >= 0.3 is 0 Å². The van der Waals surface area contributed by atoms with E-state index < -0.39 is 0 Å². The topological polar surface area (TPSA) is 0 Å². The molecule has 18 heavy (non-hydrogen) atoms. The molecule has 1 unspecified atom stereocenters. The lowest BCUT2D eigenvalue weighted by atomic mass is 10.0. The third-order valence-corrected chi connectivity index (χ3v) is 4.55. The van der Waals surface area contributed by atoms with Crippen molar-refractivity contribution in [3.63, 3.8) is 0 Å². The molecule has 2 aromatic rings. The van der Waals surface area contributed by atoms with Gasteiger partial charge in [0.25, 0.3) is 0 Å². The van der Waals surface area contributed by atoms with Crippen LogP contribution in [0, 0.1) is 0 Å². The Bertz CT molecular complexity index is 535. The Kier molecular flexibility index (Phi) is 5.14. The average molecular weight is 409 g/mol. The number of rotatable bonds is 3. The predicted octanol–water partition coefficient (Wildman–Crippen LogP) is 6.43. The Hall–Kier alpha value is -0.0200. The summed E-state index contributed by atoms with van der Waals surface area (Å²) in [5, 5.41) is 1.39. The van der Waals surface area contributed by atoms with E-state index in [1.165, 1.54) is 5.56 Å². The van der Waals surface area contributed by atoms with Gasteiger partial charge in [0.2, 0.25) is 0 Å². The zero-order chi connectivity index (χ0) is 13.1. The predicted molar refractivity (Wildman–Crippen MR) is 86.0 cm³/mol. The Balaban J connectivity index is 2.25. The van der Waals surface area contributed by atoms with Gasteiger partial charge in [0, 0.05) is 24.9 Å². The summed E-state index contributed by atoms with van der Waals surface area (Å²) in [6.45, 7) is 0. The molecule has 0 aliphatic carbocycles. The molecule has 0 radical (unpaired) electrons. The van der Waals surface area contributed by atoms with E-state index >= 15 is 0 Å². The summed E-state index contributed by atoms with van der Waals surface area (Å²) in [7, 11) is 0. The average Bonchev–Trinajstić information content (AvgIpc) is 2.28. The monoisotopic (exact) mass is 406 g/mol. The van der Waals surface area contributed by atoms with Crippen LogP contribution in [0.4, 0.5) is 0 Å². The van der Waals surface area contributed by atoms with Crippen LogP contribution < -0.4 is 0 Å². The number of benzene rings is 2. The molecule has 0 nitrogen and oxygen atoms in total. The minimum absolute atomic E-state index is 0.105. The number of alkyl halides is 1. The first-order valence-corrected chi connectivity index (χ1v) is 7.87. The van der Waals surface area contributed by atoms with Gasteiger partial charge in [-0.1, -0.05) is 73.3 Å². The molecule has 2 aromatic carbocycles. The fraction of sp³-hybridized carbons (Fsp3) is 0.143. The minimum Gasteiger partial charge on any atom is -0.0839 e. The molecule has 0 amide bonds. The third-order valence-electron chi connectivity index (χ3n) is 2.62. The van der Waals surface area contributed by atoms with Crippen molar-refractivity contribution in [2.24, 2.45) is 0 Å². The quantitative estimate of drug-likeness (QED) is 0.513. The van der Waals surface area contributed by atoms with Gasteiger partial charge in [-0.2, -0.15) is 0 Å². The van der Waals surface area contributed by atoms with Crippen LogP contribution in [-0.4, -0.2) is 0 Å². The molecule has 4 heteroatoms. The fourth-order valence-electron chi connectivity index (χ4n) is 1.78. The van der Waals surface area contributed by atoms with Crippen molar-refractivity contribution in [3.8, 4) is 0 Å². The van der Waals surface area contributed by atoms with E-state index in [0.717, 1.165) is 16.5 Å². The first-order chi connectivity index (χ1) is 8.58. The SMILES string of the molecule is Clc1cccc(Cl)c1C(Br)Cc1cccc(Br)c1. The highest BCUT2D eigenvalue weighted by Crippen LogP contribution is 2.37. The lowest BCUT2D eigenvalue weighted by Gasteiger charge is -2.14. The maximum absolute atomic E-state index is 6.20. The van der Waals surface area contributed by atoms with Crippen LogP contribution in [0.25, 0.3) is 0 Å². The molecule has 0 spiro atoms. The van der Waals surface area contributed by atoms with E-state index in [1.807, 2.05) is 30.3 Å². The van der Waals surface area contributed by atoms with Crippen LogP contribution in [0.1, 0.15) is 16.0 Å². The van der Waals surface area contributed by atoms with Crippen molar-refractivity contribution in [2.75, 3.05) is 0 Å². The standard InChI is InChI=1S/C14H10Br2Cl2/c15-10-4-1-3-9(7-10)8-11(16)14-12(17)5-2-6-13(14)18/h1-7,11H,8H2. The first-order valence-electron chi connectivity index (χ1n) is 5.40. The maximum atomic E-state index is 6.20. The van der Waals surface area contributed by atoms with Gasteiger partial charge in [-0.05, 0) is 36.2 Å². The second kappa shape index (κ2) is 6.42. The highest BCUT2D eigenvalue weighted by Gasteiger charge is 2.15. The van der Waals surface area contributed by atoms with Crippen molar-refractivity contribution in [3.05, 3.63) is 68.1 Å². The molecule has 0 bridgehead atoms. The molecule has 94 valence electrons. The fourth-order valence-corrected chi connectivity index (χ4v) is 4.02. The third kappa shape index (κ3) is 3.51. The summed E-state index contributed by atoms with van der Waals surface area (Å²) in [5.41, 5.74) is 2.17. The van der Waals surface area contributed by atoms with Crippen LogP contribution in [0.15, 0.2) is 46.9 Å². The molecule has 0 N–H and O–H groups in total. The minimum atomic E-state index is 0.105. The largest absolute Gasteiger partial charge is 0.0839 e. The lowest BCUT2D eigenvalue weighted by Crippen LogP contribution is -1.97.